The maximum Gasteiger partial charge on any atom is 0.320 e. The third kappa shape index (κ3) is 3.82. The predicted octanol–water partition coefficient (Wildman–Crippen LogP) is 3.18. The highest BCUT2D eigenvalue weighted by Crippen LogP contribution is 2.34. The molecule has 0 aliphatic carbocycles. The van der Waals surface area contributed by atoms with Crippen LogP contribution in [0.2, 0.25) is 0 Å². The molecule has 2 unspecified atom stereocenters. The van der Waals surface area contributed by atoms with Gasteiger partial charge in [-0.25, -0.2) is 0 Å². The van der Waals surface area contributed by atoms with Crippen LogP contribution in [0.5, 0.6) is 0 Å². The molecule has 0 spiro atoms. The van der Waals surface area contributed by atoms with Gasteiger partial charge in [0.15, 0.2) is 0 Å². The van der Waals surface area contributed by atoms with Crippen molar-refractivity contribution in [1.82, 2.24) is 9.88 Å². The van der Waals surface area contributed by atoms with Crippen molar-refractivity contribution in [2.75, 3.05) is 25.5 Å². The van der Waals surface area contributed by atoms with E-state index in [0.29, 0.717) is 6.42 Å². The first-order chi connectivity index (χ1) is 12.1. The van der Waals surface area contributed by atoms with Crippen LogP contribution in [0.1, 0.15) is 36.4 Å². The summed E-state index contributed by atoms with van der Waals surface area (Å²) < 4.78 is 0. The lowest BCUT2D eigenvalue weighted by molar-refractivity contribution is -0.145. The van der Waals surface area contributed by atoms with Crippen molar-refractivity contribution in [3.05, 3.63) is 59.9 Å². The van der Waals surface area contributed by atoms with Crippen molar-refractivity contribution >= 4 is 11.7 Å². The van der Waals surface area contributed by atoms with E-state index in [1.807, 2.05) is 26.2 Å². The quantitative estimate of drug-likeness (QED) is 0.907. The van der Waals surface area contributed by atoms with Crippen LogP contribution in [0.3, 0.4) is 0 Å². The number of aliphatic carboxylic acids is 1. The highest BCUT2D eigenvalue weighted by atomic mass is 16.4. The Morgan fingerprint density at radius 2 is 1.76 bits per heavy atom. The van der Waals surface area contributed by atoms with E-state index < -0.39 is 12.0 Å². The Balaban J connectivity index is 2.02. The van der Waals surface area contributed by atoms with Gasteiger partial charge in [0, 0.05) is 32.2 Å². The molecule has 1 N–H and O–H groups in total. The summed E-state index contributed by atoms with van der Waals surface area (Å²) in [5.74, 6) is -0.733. The smallest absolute Gasteiger partial charge is 0.320 e. The molecule has 1 aromatic heterocycles. The summed E-state index contributed by atoms with van der Waals surface area (Å²) in [4.78, 5) is 20.1. The van der Waals surface area contributed by atoms with Gasteiger partial charge in [0.25, 0.3) is 0 Å². The van der Waals surface area contributed by atoms with Gasteiger partial charge >= 0.3 is 5.97 Å². The fourth-order valence-electron chi connectivity index (χ4n) is 3.60. The van der Waals surface area contributed by atoms with Crippen LogP contribution in [0.4, 0.5) is 5.69 Å². The Bertz CT molecular complexity index is 701. The van der Waals surface area contributed by atoms with Crippen molar-refractivity contribution < 1.29 is 9.90 Å². The number of nitrogens with zero attached hydrogens (tertiary/aromatic N) is 3. The molecule has 5 nitrogen and oxygen atoms in total. The maximum atomic E-state index is 11.8. The van der Waals surface area contributed by atoms with E-state index in [1.165, 1.54) is 0 Å². The van der Waals surface area contributed by atoms with Crippen molar-refractivity contribution in [2.45, 2.75) is 31.3 Å². The molecule has 1 saturated heterocycles. The van der Waals surface area contributed by atoms with Gasteiger partial charge < -0.3 is 10.0 Å². The summed E-state index contributed by atoms with van der Waals surface area (Å²) >= 11 is 0. The number of carbonyl (C=O) groups is 1. The van der Waals surface area contributed by atoms with Gasteiger partial charge in [0.2, 0.25) is 0 Å². The summed E-state index contributed by atoms with van der Waals surface area (Å²) in [6.07, 6.45) is 6.25. The van der Waals surface area contributed by atoms with Gasteiger partial charge in [0.05, 0.1) is 6.04 Å². The number of pyridine rings is 1. The van der Waals surface area contributed by atoms with E-state index >= 15 is 0 Å². The molecular formula is C20H25N3O2. The van der Waals surface area contributed by atoms with E-state index in [2.05, 4.69) is 39.0 Å². The van der Waals surface area contributed by atoms with Crippen molar-refractivity contribution in [2.24, 2.45) is 0 Å². The molecule has 132 valence electrons. The van der Waals surface area contributed by atoms with Gasteiger partial charge in [-0.15, -0.1) is 0 Å². The Morgan fingerprint density at radius 1 is 1.12 bits per heavy atom. The van der Waals surface area contributed by atoms with Crippen LogP contribution >= 0.6 is 0 Å². The molecular weight excluding hydrogens is 314 g/mol. The molecule has 0 bridgehead atoms. The molecule has 2 heterocycles. The zero-order chi connectivity index (χ0) is 17.8. The highest BCUT2D eigenvalue weighted by molar-refractivity contribution is 5.73. The number of aromatic nitrogens is 1. The first-order valence-electron chi connectivity index (χ1n) is 8.73. The summed E-state index contributed by atoms with van der Waals surface area (Å²) in [6.45, 7) is 0.791. The van der Waals surface area contributed by atoms with E-state index in [-0.39, 0.29) is 6.04 Å². The van der Waals surface area contributed by atoms with Crippen LogP contribution in [-0.2, 0) is 4.79 Å². The van der Waals surface area contributed by atoms with Gasteiger partial charge in [-0.3, -0.25) is 14.7 Å². The van der Waals surface area contributed by atoms with Crippen molar-refractivity contribution in [3.63, 3.8) is 0 Å². The molecule has 3 rings (SSSR count). The van der Waals surface area contributed by atoms with Gasteiger partial charge in [-0.05, 0) is 54.8 Å². The van der Waals surface area contributed by atoms with Gasteiger partial charge in [0.1, 0.15) is 6.04 Å². The molecule has 5 heteroatoms. The lowest BCUT2D eigenvalue weighted by Crippen LogP contribution is -2.46. The Morgan fingerprint density at radius 3 is 2.36 bits per heavy atom. The van der Waals surface area contributed by atoms with Crippen LogP contribution in [-0.4, -0.2) is 47.6 Å². The van der Waals surface area contributed by atoms with Gasteiger partial charge in [-0.1, -0.05) is 18.6 Å². The number of carboxylic acid groups (broad SMARTS) is 1. The molecule has 2 aromatic rings. The minimum absolute atomic E-state index is 0.0689. The van der Waals surface area contributed by atoms with Crippen molar-refractivity contribution in [3.8, 4) is 0 Å². The molecule has 1 fully saturated rings. The molecule has 1 aromatic carbocycles. The number of hydrogen-bond donors (Lipinski definition) is 1. The second kappa shape index (κ2) is 7.66. The third-order valence-corrected chi connectivity index (χ3v) is 4.91. The number of rotatable bonds is 5. The van der Waals surface area contributed by atoms with Gasteiger partial charge in [-0.2, -0.15) is 0 Å². The number of likely N-dealkylation sites (tertiary alicyclic amines) is 1. The number of anilines is 1. The predicted molar refractivity (Wildman–Crippen MR) is 98.8 cm³/mol. The maximum absolute atomic E-state index is 11.8. The zero-order valence-corrected chi connectivity index (χ0v) is 14.8. The second-order valence-corrected chi connectivity index (χ2v) is 6.76. The number of hydrogen-bond acceptors (Lipinski definition) is 4. The molecule has 2 atom stereocenters. The fraction of sp³-hybridized carbons (Fsp3) is 0.400. The molecule has 25 heavy (non-hydrogen) atoms. The zero-order valence-electron chi connectivity index (χ0n) is 14.8. The average Bonchev–Trinajstić information content (AvgIpc) is 2.63. The monoisotopic (exact) mass is 339 g/mol. The Kier molecular flexibility index (Phi) is 5.34. The summed E-state index contributed by atoms with van der Waals surface area (Å²) in [5, 5.41) is 9.71. The second-order valence-electron chi connectivity index (χ2n) is 6.76. The Labute approximate surface area is 148 Å². The normalized spacial score (nSPS) is 19.4. The van der Waals surface area contributed by atoms with Crippen LogP contribution in [0, 0.1) is 0 Å². The molecule has 1 aliphatic rings. The molecule has 0 amide bonds. The molecule has 1 aliphatic heterocycles. The van der Waals surface area contributed by atoms with Crippen molar-refractivity contribution in [1.29, 1.82) is 0 Å². The van der Waals surface area contributed by atoms with E-state index in [1.54, 1.807) is 12.4 Å². The Hall–Kier alpha value is -2.40. The van der Waals surface area contributed by atoms with E-state index in [9.17, 15) is 9.90 Å². The molecule has 0 radical (unpaired) electrons. The summed E-state index contributed by atoms with van der Waals surface area (Å²) in [5.41, 5.74) is 3.33. The summed E-state index contributed by atoms with van der Waals surface area (Å²) in [7, 11) is 4.03. The topological polar surface area (TPSA) is 56.7 Å². The summed E-state index contributed by atoms with van der Waals surface area (Å²) in [6, 6.07) is 11.8. The highest BCUT2D eigenvalue weighted by Gasteiger charge is 2.35. The minimum atomic E-state index is -0.733. The lowest BCUT2D eigenvalue weighted by Gasteiger charge is -2.39. The van der Waals surface area contributed by atoms with Crippen LogP contribution < -0.4 is 4.90 Å². The number of benzene rings is 1. The first-order valence-corrected chi connectivity index (χ1v) is 8.73. The van der Waals surface area contributed by atoms with E-state index in [4.69, 9.17) is 0 Å². The van der Waals surface area contributed by atoms with Crippen LogP contribution in [0.25, 0.3) is 0 Å². The van der Waals surface area contributed by atoms with Crippen LogP contribution in [0.15, 0.2) is 48.8 Å². The minimum Gasteiger partial charge on any atom is -0.480 e. The first kappa shape index (κ1) is 17.4. The SMILES string of the molecule is CN(C)c1ccc(C(c2ccncc2)N2CCCCC2C(=O)O)cc1. The average molecular weight is 339 g/mol. The molecule has 0 saturated carbocycles. The number of carboxylic acids is 1. The third-order valence-electron chi connectivity index (χ3n) is 4.91. The lowest BCUT2D eigenvalue weighted by atomic mass is 9.92. The standard InChI is InChI=1S/C20H25N3O2/c1-22(2)17-8-6-15(7-9-17)19(16-10-12-21-13-11-16)23-14-4-3-5-18(23)20(24)25/h6-13,18-19H,3-5,14H2,1-2H3,(H,24,25). The number of piperidine rings is 1. The largest absolute Gasteiger partial charge is 0.480 e. The fourth-order valence-corrected chi connectivity index (χ4v) is 3.60. The van der Waals surface area contributed by atoms with E-state index in [0.717, 1.165) is 36.2 Å².